The summed E-state index contributed by atoms with van der Waals surface area (Å²) < 4.78 is 5.84. The van der Waals surface area contributed by atoms with Crippen molar-refractivity contribution in [2.45, 2.75) is 13.5 Å². The van der Waals surface area contributed by atoms with Crippen molar-refractivity contribution in [1.29, 1.82) is 0 Å². The van der Waals surface area contributed by atoms with Gasteiger partial charge in [0.05, 0.1) is 10.0 Å². The maximum absolute atomic E-state index is 5.96. The number of para-hydroxylation sites is 1. The number of hydrogen-bond acceptors (Lipinski definition) is 2. The van der Waals surface area contributed by atoms with Crippen LogP contribution in [0.1, 0.15) is 11.1 Å². The molecule has 94 valence electrons. The van der Waals surface area contributed by atoms with E-state index < -0.39 is 0 Å². The van der Waals surface area contributed by atoms with Gasteiger partial charge in [0.25, 0.3) is 0 Å². The first kappa shape index (κ1) is 13.2. The van der Waals surface area contributed by atoms with Crippen LogP contribution in [0, 0.1) is 6.92 Å². The summed E-state index contributed by atoms with van der Waals surface area (Å²) in [6.45, 7) is 2.41. The summed E-state index contributed by atoms with van der Waals surface area (Å²) in [5.41, 5.74) is 7.69. The molecular formula is C14H13Cl2NO. The molecule has 18 heavy (non-hydrogen) atoms. The van der Waals surface area contributed by atoms with E-state index in [1.165, 1.54) is 0 Å². The first-order valence-corrected chi connectivity index (χ1v) is 6.29. The quantitative estimate of drug-likeness (QED) is 0.896. The van der Waals surface area contributed by atoms with Crippen molar-refractivity contribution in [2.75, 3.05) is 0 Å². The molecule has 2 rings (SSSR count). The molecule has 0 bridgehead atoms. The Morgan fingerprint density at radius 2 is 1.89 bits per heavy atom. The average Bonchev–Trinajstić information content (AvgIpc) is 2.36. The summed E-state index contributed by atoms with van der Waals surface area (Å²) in [5.74, 6) is 1.42. The third-order valence-electron chi connectivity index (χ3n) is 2.62. The van der Waals surface area contributed by atoms with Crippen LogP contribution in [-0.4, -0.2) is 0 Å². The smallest absolute Gasteiger partial charge is 0.134 e. The fourth-order valence-corrected chi connectivity index (χ4v) is 1.97. The van der Waals surface area contributed by atoms with Gasteiger partial charge in [0.1, 0.15) is 11.5 Å². The minimum absolute atomic E-state index is 0.429. The Bertz CT molecular complexity index is 570. The van der Waals surface area contributed by atoms with E-state index in [9.17, 15) is 0 Å². The number of ether oxygens (including phenoxy) is 1. The molecule has 0 spiro atoms. The fraction of sp³-hybridized carbons (Fsp3) is 0.143. The van der Waals surface area contributed by atoms with Gasteiger partial charge >= 0.3 is 0 Å². The molecule has 0 radical (unpaired) electrons. The highest BCUT2D eigenvalue weighted by Gasteiger charge is 2.08. The molecule has 0 amide bonds. The molecule has 0 saturated carbocycles. The van der Waals surface area contributed by atoms with Crippen LogP contribution in [-0.2, 0) is 6.54 Å². The van der Waals surface area contributed by atoms with Gasteiger partial charge in [-0.25, -0.2) is 0 Å². The third-order valence-corrected chi connectivity index (χ3v) is 3.36. The van der Waals surface area contributed by atoms with Gasteiger partial charge in [-0.15, -0.1) is 0 Å². The summed E-state index contributed by atoms with van der Waals surface area (Å²) in [5, 5.41) is 0.977. The molecule has 2 N–H and O–H groups in total. The highest BCUT2D eigenvalue weighted by atomic mass is 35.5. The summed E-state index contributed by atoms with van der Waals surface area (Å²) >= 11 is 11.8. The first-order valence-electron chi connectivity index (χ1n) is 5.53. The molecule has 2 aromatic carbocycles. The van der Waals surface area contributed by atoms with E-state index in [0.29, 0.717) is 22.3 Å². The lowest BCUT2D eigenvalue weighted by Gasteiger charge is -2.13. The highest BCUT2D eigenvalue weighted by Crippen LogP contribution is 2.32. The Kier molecular flexibility index (Phi) is 4.12. The number of hydrogen-bond donors (Lipinski definition) is 1. The predicted octanol–water partition coefficient (Wildman–Crippen LogP) is 4.55. The Labute approximate surface area is 116 Å². The lowest BCUT2D eigenvalue weighted by atomic mass is 10.1. The van der Waals surface area contributed by atoms with Gasteiger partial charge in [0.15, 0.2) is 0 Å². The molecule has 0 saturated heterocycles. The number of aryl methyl sites for hydroxylation is 1. The number of rotatable bonds is 3. The zero-order valence-corrected chi connectivity index (χ0v) is 11.4. The molecule has 0 aromatic heterocycles. The van der Waals surface area contributed by atoms with E-state index >= 15 is 0 Å². The minimum Gasteiger partial charge on any atom is -0.457 e. The fourth-order valence-electron chi connectivity index (χ4n) is 1.68. The van der Waals surface area contributed by atoms with Crippen molar-refractivity contribution in [3.8, 4) is 11.5 Å². The maximum atomic E-state index is 5.96. The summed E-state index contributed by atoms with van der Waals surface area (Å²) in [7, 11) is 0. The second-order valence-corrected chi connectivity index (χ2v) is 4.76. The second kappa shape index (κ2) is 5.61. The molecule has 0 atom stereocenters. The minimum atomic E-state index is 0.429. The lowest BCUT2D eigenvalue weighted by Crippen LogP contribution is -2.00. The second-order valence-electron chi connectivity index (χ2n) is 3.95. The van der Waals surface area contributed by atoms with Gasteiger partial charge in [0.2, 0.25) is 0 Å². The summed E-state index contributed by atoms with van der Waals surface area (Å²) in [6, 6.07) is 11.1. The van der Waals surface area contributed by atoms with Crippen LogP contribution in [0.3, 0.4) is 0 Å². The normalized spacial score (nSPS) is 10.4. The molecule has 2 aromatic rings. The molecule has 2 nitrogen and oxygen atoms in total. The largest absolute Gasteiger partial charge is 0.457 e. The van der Waals surface area contributed by atoms with Crippen LogP contribution < -0.4 is 10.5 Å². The molecule has 0 aliphatic rings. The topological polar surface area (TPSA) is 35.2 Å². The van der Waals surface area contributed by atoms with E-state index in [1.807, 2.05) is 25.1 Å². The van der Waals surface area contributed by atoms with Crippen molar-refractivity contribution in [1.82, 2.24) is 0 Å². The standard InChI is InChI=1S/C14H13Cl2NO/c1-9-3-2-4-10(8-17)14(9)18-11-5-6-12(15)13(16)7-11/h2-7H,8,17H2,1H3. The van der Waals surface area contributed by atoms with Crippen molar-refractivity contribution in [2.24, 2.45) is 5.73 Å². The molecule has 0 unspecified atom stereocenters. The predicted molar refractivity (Wildman–Crippen MR) is 75.6 cm³/mol. The average molecular weight is 282 g/mol. The molecule has 0 aliphatic carbocycles. The van der Waals surface area contributed by atoms with E-state index in [-0.39, 0.29) is 0 Å². The van der Waals surface area contributed by atoms with E-state index in [1.54, 1.807) is 18.2 Å². The van der Waals surface area contributed by atoms with Crippen LogP contribution in [0.4, 0.5) is 0 Å². The van der Waals surface area contributed by atoms with Crippen LogP contribution >= 0.6 is 23.2 Å². The SMILES string of the molecule is Cc1cccc(CN)c1Oc1ccc(Cl)c(Cl)c1. The highest BCUT2D eigenvalue weighted by molar-refractivity contribution is 6.42. The molecule has 0 heterocycles. The third kappa shape index (κ3) is 2.78. The van der Waals surface area contributed by atoms with Gasteiger partial charge in [-0.3, -0.25) is 0 Å². The zero-order chi connectivity index (χ0) is 13.1. The Morgan fingerprint density at radius 3 is 2.56 bits per heavy atom. The maximum Gasteiger partial charge on any atom is 0.134 e. The van der Waals surface area contributed by atoms with Gasteiger partial charge in [-0.1, -0.05) is 41.4 Å². The molecule has 4 heteroatoms. The van der Waals surface area contributed by atoms with E-state index in [0.717, 1.165) is 16.9 Å². The van der Waals surface area contributed by atoms with Crippen molar-refractivity contribution in [3.63, 3.8) is 0 Å². The van der Waals surface area contributed by atoms with Gasteiger partial charge in [-0.2, -0.15) is 0 Å². The number of halogens is 2. The molecule has 0 fully saturated rings. The van der Waals surface area contributed by atoms with E-state index in [2.05, 4.69) is 0 Å². The van der Waals surface area contributed by atoms with Gasteiger partial charge in [0, 0.05) is 18.2 Å². The molecule has 0 aliphatic heterocycles. The van der Waals surface area contributed by atoms with Crippen LogP contribution in [0.2, 0.25) is 10.0 Å². The van der Waals surface area contributed by atoms with Gasteiger partial charge < -0.3 is 10.5 Å². The van der Waals surface area contributed by atoms with Crippen molar-refractivity contribution >= 4 is 23.2 Å². The van der Waals surface area contributed by atoms with Crippen LogP contribution in [0.25, 0.3) is 0 Å². The lowest BCUT2D eigenvalue weighted by molar-refractivity contribution is 0.472. The Hall–Kier alpha value is -1.22. The summed E-state index contributed by atoms with van der Waals surface area (Å²) in [4.78, 5) is 0. The Balaban J connectivity index is 2.36. The van der Waals surface area contributed by atoms with Crippen LogP contribution in [0.5, 0.6) is 11.5 Å². The van der Waals surface area contributed by atoms with Crippen LogP contribution in [0.15, 0.2) is 36.4 Å². The zero-order valence-electron chi connectivity index (χ0n) is 9.91. The van der Waals surface area contributed by atoms with Gasteiger partial charge in [-0.05, 0) is 24.6 Å². The number of nitrogens with two attached hydrogens (primary N) is 1. The monoisotopic (exact) mass is 281 g/mol. The number of benzene rings is 2. The van der Waals surface area contributed by atoms with Crippen molar-refractivity contribution in [3.05, 3.63) is 57.6 Å². The summed E-state index contributed by atoms with van der Waals surface area (Å²) in [6.07, 6.45) is 0. The van der Waals surface area contributed by atoms with Crippen molar-refractivity contribution < 1.29 is 4.74 Å². The Morgan fingerprint density at radius 1 is 1.11 bits per heavy atom. The first-order chi connectivity index (χ1) is 8.61. The molecular weight excluding hydrogens is 269 g/mol. The van der Waals surface area contributed by atoms with E-state index in [4.69, 9.17) is 33.7 Å².